The van der Waals surface area contributed by atoms with E-state index in [1.165, 1.54) is 0 Å². The molecule has 0 aliphatic heterocycles. The molecule has 1 aromatic carbocycles. The summed E-state index contributed by atoms with van der Waals surface area (Å²) < 4.78 is 52.0. The van der Waals surface area contributed by atoms with Crippen molar-refractivity contribution in [3.63, 3.8) is 0 Å². The zero-order valence-corrected chi connectivity index (χ0v) is 10.9. The van der Waals surface area contributed by atoms with Gasteiger partial charge in [-0.15, -0.1) is 0 Å². The second-order valence-electron chi connectivity index (χ2n) is 4.38. The van der Waals surface area contributed by atoms with Crippen LogP contribution in [0.1, 0.15) is 36.9 Å². The first-order valence-electron chi connectivity index (χ1n) is 6.00. The number of rotatable bonds is 5. The van der Waals surface area contributed by atoms with Gasteiger partial charge in [0.05, 0.1) is 5.56 Å². The Kier molecular flexibility index (Phi) is 5.11. The number of alkyl halides is 3. The van der Waals surface area contributed by atoms with Gasteiger partial charge in [0.15, 0.2) is 0 Å². The third-order valence-corrected chi connectivity index (χ3v) is 3.04. The van der Waals surface area contributed by atoms with E-state index in [9.17, 15) is 17.6 Å². The van der Waals surface area contributed by atoms with E-state index in [2.05, 4.69) is 11.9 Å². The van der Waals surface area contributed by atoms with Crippen molar-refractivity contribution in [3.8, 4) is 0 Å². The first kappa shape index (κ1) is 15.7. The maximum absolute atomic E-state index is 13.2. The fourth-order valence-corrected chi connectivity index (χ4v) is 1.88. The molecule has 1 rings (SSSR count). The Hall–Kier alpha value is -1.36. The molecular weight excluding hydrogens is 258 g/mol. The highest BCUT2D eigenvalue weighted by Gasteiger charge is 2.35. The van der Waals surface area contributed by atoms with E-state index in [-0.39, 0.29) is 5.56 Å². The number of benzene rings is 1. The normalized spacial score (nSPS) is 13.4. The van der Waals surface area contributed by atoms with Crippen molar-refractivity contribution in [1.82, 2.24) is 5.32 Å². The molecule has 1 atom stereocenters. The van der Waals surface area contributed by atoms with Crippen LogP contribution >= 0.6 is 0 Å². The molecule has 0 radical (unpaired) electrons. The van der Waals surface area contributed by atoms with Crippen molar-refractivity contribution in [2.45, 2.75) is 32.0 Å². The molecular formula is C14H17F4N. The van der Waals surface area contributed by atoms with Crippen LogP contribution in [-0.4, -0.2) is 7.05 Å². The number of nitrogens with one attached hydrogen (secondary N) is 1. The Morgan fingerprint density at radius 3 is 2.47 bits per heavy atom. The lowest BCUT2D eigenvalue weighted by atomic mass is 9.94. The molecule has 19 heavy (non-hydrogen) atoms. The molecule has 0 spiro atoms. The van der Waals surface area contributed by atoms with Crippen LogP contribution in [0.15, 0.2) is 30.4 Å². The van der Waals surface area contributed by atoms with Gasteiger partial charge in [-0.2, -0.15) is 13.2 Å². The van der Waals surface area contributed by atoms with Gasteiger partial charge in [-0.05, 0) is 43.7 Å². The Bertz CT molecular complexity index is 451. The third kappa shape index (κ3) is 4.06. The van der Waals surface area contributed by atoms with Crippen LogP contribution in [0.4, 0.5) is 17.6 Å². The van der Waals surface area contributed by atoms with Gasteiger partial charge in [0.2, 0.25) is 0 Å². The van der Waals surface area contributed by atoms with Crippen molar-refractivity contribution in [2.75, 3.05) is 7.05 Å². The first-order valence-corrected chi connectivity index (χ1v) is 6.00. The van der Waals surface area contributed by atoms with Crippen LogP contribution in [0.2, 0.25) is 0 Å². The summed E-state index contributed by atoms with van der Waals surface area (Å²) in [5.41, 5.74) is -0.0708. The Morgan fingerprint density at radius 1 is 1.37 bits per heavy atom. The lowest BCUT2D eigenvalue weighted by molar-refractivity contribution is -0.138. The van der Waals surface area contributed by atoms with E-state index in [1.54, 1.807) is 7.05 Å². The first-order chi connectivity index (χ1) is 8.79. The molecule has 1 nitrogen and oxygen atoms in total. The van der Waals surface area contributed by atoms with Crippen molar-refractivity contribution in [2.24, 2.45) is 0 Å². The molecule has 106 valence electrons. The SMILES string of the molecule is C=C(CC)CC(NC)c1cc(F)ccc1C(F)(F)F. The van der Waals surface area contributed by atoms with Crippen molar-refractivity contribution in [1.29, 1.82) is 0 Å². The monoisotopic (exact) mass is 275 g/mol. The molecule has 0 fully saturated rings. The molecule has 1 N–H and O–H groups in total. The Balaban J connectivity index is 3.21. The molecule has 0 heterocycles. The summed E-state index contributed by atoms with van der Waals surface area (Å²) in [4.78, 5) is 0. The van der Waals surface area contributed by atoms with Gasteiger partial charge >= 0.3 is 6.18 Å². The van der Waals surface area contributed by atoms with Crippen LogP contribution in [0.3, 0.4) is 0 Å². The van der Waals surface area contributed by atoms with Crippen molar-refractivity contribution < 1.29 is 17.6 Å². The van der Waals surface area contributed by atoms with Gasteiger partial charge in [-0.1, -0.05) is 19.1 Å². The van der Waals surface area contributed by atoms with E-state index in [0.717, 1.165) is 23.8 Å². The smallest absolute Gasteiger partial charge is 0.313 e. The fourth-order valence-electron chi connectivity index (χ4n) is 1.88. The molecule has 0 aromatic heterocycles. The van der Waals surface area contributed by atoms with Gasteiger partial charge < -0.3 is 5.32 Å². The van der Waals surface area contributed by atoms with E-state index >= 15 is 0 Å². The lowest BCUT2D eigenvalue weighted by Gasteiger charge is -2.22. The number of hydrogen-bond donors (Lipinski definition) is 1. The highest BCUT2D eigenvalue weighted by molar-refractivity contribution is 5.34. The van der Waals surface area contributed by atoms with Gasteiger partial charge in [0.1, 0.15) is 5.82 Å². The van der Waals surface area contributed by atoms with E-state index < -0.39 is 23.6 Å². The second-order valence-corrected chi connectivity index (χ2v) is 4.38. The number of hydrogen-bond acceptors (Lipinski definition) is 1. The van der Waals surface area contributed by atoms with Crippen molar-refractivity contribution in [3.05, 3.63) is 47.3 Å². The van der Waals surface area contributed by atoms with Crippen LogP contribution in [-0.2, 0) is 6.18 Å². The lowest BCUT2D eigenvalue weighted by Crippen LogP contribution is -2.21. The minimum absolute atomic E-state index is 0.0791. The minimum Gasteiger partial charge on any atom is -0.313 e. The van der Waals surface area contributed by atoms with Crippen LogP contribution in [0.25, 0.3) is 0 Å². The van der Waals surface area contributed by atoms with Gasteiger partial charge in [-0.3, -0.25) is 0 Å². The predicted octanol–water partition coefficient (Wildman–Crippen LogP) is 4.46. The largest absolute Gasteiger partial charge is 0.416 e. The van der Waals surface area contributed by atoms with Crippen LogP contribution < -0.4 is 5.32 Å². The molecule has 0 aliphatic carbocycles. The summed E-state index contributed by atoms with van der Waals surface area (Å²) in [5, 5.41) is 2.80. The molecule has 1 aromatic rings. The highest BCUT2D eigenvalue weighted by atomic mass is 19.4. The van der Waals surface area contributed by atoms with Crippen LogP contribution in [0, 0.1) is 5.82 Å². The third-order valence-electron chi connectivity index (χ3n) is 3.04. The van der Waals surface area contributed by atoms with E-state index in [1.807, 2.05) is 6.92 Å². The predicted molar refractivity (Wildman–Crippen MR) is 67.3 cm³/mol. The average Bonchev–Trinajstić information content (AvgIpc) is 2.33. The maximum atomic E-state index is 13.2. The standard InChI is InChI=1S/C14H17F4N/c1-4-9(2)7-13(19-3)11-8-10(15)5-6-12(11)14(16,17)18/h5-6,8,13,19H,2,4,7H2,1,3H3. The van der Waals surface area contributed by atoms with Gasteiger partial charge in [0.25, 0.3) is 0 Å². The zero-order valence-electron chi connectivity index (χ0n) is 10.9. The minimum atomic E-state index is -4.49. The quantitative estimate of drug-likeness (QED) is 0.618. The molecule has 0 aliphatic rings. The average molecular weight is 275 g/mol. The van der Waals surface area contributed by atoms with E-state index in [0.29, 0.717) is 12.8 Å². The Morgan fingerprint density at radius 2 is 2.00 bits per heavy atom. The Labute approximate surface area is 110 Å². The van der Waals surface area contributed by atoms with Gasteiger partial charge in [0, 0.05) is 6.04 Å². The molecule has 0 bridgehead atoms. The van der Waals surface area contributed by atoms with Crippen molar-refractivity contribution >= 4 is 0 Å². The van der Waals surface area contributed by atoms with Crippen LogP contribution in [0.5, 0.6) is 0 Å². The fraction of sp³-hybridized carbons (Fsp3) is 0.429. The molecule has 5 heteroatoms. The zero-order chi connectivity index (χ0) is 14.6. The number of halogens is 4. The summed E-state index contributed by atoms with van der Waals surface area (Å²) in [7, 11) is 1.55. The maximum Gasteiger partial charge on any atom is 0.416 e. The van der Waals surface area contributed by atoms with Gasteiger partial charge in [-0.25, -0.2) is 4.39 Å². The molecule has 1 unspecified atom stereocenters. The molecule has 0 saturated carbocycles. The summed E-state index contributed by atoms with van der Waals surface area (Å²) in [5.74, 6) is -0.676. The molecule has 0 amide bonds. The highest BCUT2D eigenvalue weighted by Crippen LogP contribution is 2.36. The van der Waals surface area contributed by atoms with E-state index in [4.69, 9.17) is 0 Å². The molecule has 0 saturated heterocycles. The summed E-state index contributed by atoms with van der Waals surface area (Å²) in [6.07, 6.45) is -3.47. The summed E-state index contributed by atoms with van der Waals surface area (Å²) >= 11 is 0. The topological polar surface area (TPSA) is 12.0 Å². The second kappa shape index (κ2) is 6.19. The summed E-state index contributed by atoms with van der Waals surface area (Å²) in [6, 6.07) is 1.95. The summed E-state index contributed by atoms with van der Waals surface area (Å²) in [6.45, 7) is 5.67.